The summed E-state index contributed by atoms with van der Waals surface area (Å²) in [7, 11) is 0. The number of rotatable bonds is 5. The summed E-state index contributed by atoms with van der Waals surface area (Å²) in [5.41, 5.74) is 18.9. The summed E-state index contributed by atoms with van der Waals surface area (Å²) in [6.07, 6.45) is 16.8. The number of anilines is 1. The number of nitrogens with zero attached hydrogens (tertiary/aromatic N) is 1. The van der Waals surface area contributed by atoms with Gasteiger partial charge in [0, 0.05) is 23.2 Å². The highest BCUT2D eigenvalue weighted by Gasteiger charge is 2.24. The Morgan fingerprint density at radius 2 is 1.02 bits per heavy atom. The lowest BCUT2D eigenvalue weighted by Crippen LogP contribution is -2.08. The van der Waals surface area contributed by atoms with E-state index in [1.54, 1.807) is 0 Å². The van der Waals surface area contributed by atoms with E-state index in [1.807, 2.05) is 0 Å². The molecular weight excluding hydrogens is 773 g/mol. The van der Waals surface area contributed by atoms with Crippen molar-refractivity contribution in [2.75, 3.05) is 11.9 Å². The Morgan fingerprint density at radius 3 is 1.73 bits per heavy atom. The lowest BCUT2D eigenvalue weighted by molar-refractivity contribution is 1.09. The average Bonchev–Trinajstić information content (AvgIpc) is 3.45. The molecule has 2 bridgehead atoms. The predicted molar refractivity (Wildman–Crippen MR) is 274 cm³/mol. The minimum Gasteiger partial charge on any atom is -0.367 e. The first-order valence-electron chi connectivity index (χ1n) is 22.4. The molecule has 13 rings (SSSR count). The molecule has 10 aromatic rings. The molecule has 1 aromatic heterocycles. The van der Waals surface area contributed by atoms with Crippen molar-refractivity contribution in [1.82, 2.24) is 4.57 Å². The van der Waals surface area contributed by atoms with Crippen LogP contribution in [0, 0.1) is 0 Å². The van der Waals surface area contributed by atoms with Gasteiger partial charge in [-0.15, -0.1) is 0 Å². The summed E-state index contributed by atoms with van der Waals surface area (Å²) in [6, 6.07) is 67.3. The summed E-state index contributed by atoms with van der Waals surface area (Å²) in [5.74, 6) is 1.15. The molecule has 0 spiro atoms. The van der Waals surface area contributed by atoms with E-state index in [-0.39, 0.29) is 0 Å². The molecule has 3 aliphatic rings. The zero-order chi connectivity index (χ0) is 42.1. The fourth-order valence-electron chi connectivity index (χ4n) is 10.8. The van der Waals surface area contributed by atoms with Crippen LogP contribution in [0.4, 0.5) is 5.82 Å². The van der Waals surface area contributed by atoms with E-state index in [2.05, 4.69) is 234 Å². The number of allylic oxidation sites excluding steroid dienone is 7. The second kappa shape index (κ2) is 14.7. The Kier molecular flexibility index (Phi) is 8.39. The first-order chi connectivity index (χ1) is 31.8. The van der Waals surface area contributed by atoms with Gasteiger partial charge in [-0.1, -0.05) is 194 Å². The molecule has 9 aromatic carbocycles. The molecule has 0 amide bonds. The van der Waals surface area contributed by atoms with Crippen LogP contribution in [0.2, 0.25) is 0 Å². The minimum atomic E-state index is 0.819. The molecule has 0 unspecified atom stereocenters. The smallest absolute Gasteiger partial charge is 0.119 e. The van der Waals surface area contributed by atoms with Gasteiger partial charge in [0.2, 0.25) is 0 Å². The standard InChI is InChI=1S/C62H42N2/c1-2-18-46(19-3-1)64-59-35-32-45(39-58(59)56-27-14-36-63-62(56)64)49-34-33-48(50-21-8-9-22-51(49)50)40-28-30-41(31-29-40)60-52-23-10-12-25-54(52)61(55-26-13-11-24-53(55)60)57-38-44-17-6-7-20-47(44)42-15-4-5-16-43(57)37-42/h1-35,38-39,63H,36-37H2. The van der Waals surface area contributed by atoms with Gasteiger partial charge in [-0.25, -0.2) is 0 Å². The number of benzene rings is 9. The summed E-state index contributed by atoms with van der Waals surface area (Å²) < 4.78 is 2.36. The number of fused-ring (bicyclic) bond motifs is 10. The Bertz CT molecular complexity index is 3660. The molecule has 1 aliphatic heterocycles. The van der Waals surface area contributed by atoms with E-state index in [9.17, 15) is 0 Å². The fourth-order valence-corrected chi connectivity index (χ4v) is 10.8. The third-order valence-electron chi connectivity index (χ3n) is 13.7. The van der Waals surface area contributed by atoms with E-state index in [4.69, 9.17) is 0 Å². The van der Waals surface area contributed by atoms with Crippen LogP contribution in [0.1, 0.15) is 28.7 Å². The first-order valence-corrected chi connectivity index (χ1v) is 22.4. The van der Waals surface area contributed by atoms with Gasteiger partial charge in [-0.05, 0) is 136 Å². The van der Waals surface area contributed by atoms with Crippen LogP contribution >= 0.6 is 0 Å². The van der Waals surface area contributed by atoms with Crippen molar-refractivity contribution in [3.63, 3.8) is 0 Å². The van der Waals surface area contributed by atoms with Crippen LogP contribution in [0.25, 0.3) is 106 Å². The highest BCUT2D eigenvalue weighted by molar-refractivity contribution is 6.22. The van der Waals surface area contributed by atoms with E-state index in [1.165, 1.54) is 116 Å². The Labute approximate surface area is 372 Å². The van der Waals surface area contributed by atoms with Gasteiger partial charge in [0.05, 0.1) is 5.52 Å². The predicted octanol–water partition coefficient (Wildman–Crippen LogP) is 16.4. The number of aromatic nitrogens is 1. The zero-order valence-electron chi connectivity index (χ0n) is 35.2. The van der Waals surface area contributed by atoms with Gasteiger partial charge >= 0.3 is 0 Å². The first kappa shape index (κ1) is 36.5. The maximum atomic E-state index is 3.66. The number of hydrogen-bond donors (Lipinski definition) is 1. The van der Waals surface area contributed by atoms with Gasteiger partial charge in [0.15, 0.2) is 0 Å². The zero-order valence-corrected chi connectivity index (χ0v) is 35.2. The van der Waals surface area contributed by atoms with Gasteiger partial charge in [-0.3, -0.25) is 4.57 Å². The lowest BCUT2D eigenvalue weighted by Gasteiger charge is -2.20. The molecule has 2 heteroatoms. The molecular formula is C62H42N2. The lowest BCUT2D eigenvalue weighted by atomic mass is 9.83. The Hall–Kier alpha value is -8.20. The van der Waals surface area contributed by atoms with Crippen LogP contribution in [-0.2, 0) is 0 Å². The maximum Gasteiger partial charge on any atom is 0.119 e. The van der Waals surface area contributed by atoms with Crippen molar-refractivity contribution in [3.05, 3.63) is 240 Å². The highest BCUT2D eigenvalue weighted by Crippen LogP contribution is 2.48. The molecule has 0 atom stereocenters. The van der Waals surface area contributed by atoms with Gasteiger partial charge in [-0.2, -0.15) is 0 Å². The van der Waals surface area contributed by atoms with Gasteiger partial charge in [0.25, 0.3) is 0 Å². The van der Waals surface area contributed by atoms with Crippen molar-refractivity contribution in [1.29, 1.82) is 0 Å². The SMILES string of the molecule is C1=CC=C2CC(=C1)C(c1c3ccccc3c(-c3ccc(-c4ccc(-c5ccc6c(c5)c5c(n6-c6ccccc6)NCC=C5)c5ccccc45)cc3)c3ccccc13)=Cc1ccccc12. The van der Waals surface area contributed by atoms with E-state index in [0.717, 1.165) is 24.5 Å². The van der Waals surface area contributed by atoms with Crippen LogP contribution < -0.4 is 5.32 Å². The second-order valence-electron chi connectivity index (χ2n) is 17.2. The molecule has 2 aliphatic carbocycles. The van der Waals surface area contributed by atoms with Gasteiger partial charge in [0.1, 0.15) is 5.82 Å². The van der Waals surface area contributed by atoms with Crippen LogP contribution in [0.15, 0.2) is 218 Å². The van der Waals surface area contributed by atoms with Crippen molar-refractivity contribution in [3.8, 4) is 39.1 Å². The average molecular weight is 815 g/mol. The fraction of sp³-hybridized carbons (Fsp3) is 0.0323. The molecule has 0 fully saturated rings. The topological polar surface area (TPSA) is 17.0 Å². The van der Waals surface area contributed by atoms with Crippen LogP contribution in [0.3, 0.4) is 0 Å². The Balaban J connectivity index is 0.926. The molecule has 2 nitrogen and oxygen atoms in total. The molecule has 300 valence electrons. The summed E-state index contributed by atoms with van der Waals surface area (Å²) in [6.45, 7) is 0.819. The number of hydrogen-bond acceptors (Lipinski definition) is 1. The Morgan fingerprint density at radius 1 is 0.438 bits per heavy atom. The molecule has 0 saturated heterocycles. The number of nitrogens with one attached hydrogen (secondary N) is 1. The molecule has 64 heavy (non-hydrogen) atoms. The van der Waals surface area contributed by atoms with Crippen LogP contribution in [-0.4, -0.2) is 11.1 Å². The summed E-state index contributed by atoms with van der Waals surface area (Å²) in [4.78, 5) is 0. The molecule has 0 saturated carbocycles. The molecule has 2 heterocycles. The van der Waals surface area contributed by atoms with E-state index < -0.39 is 0 Å². The second-order valence-corrected chi connectivity index (χ2v) is 17.2. The van der Waals surface area contributed by atoms with Crippen molar-refractivity contribution in [2.45, 2.75) is 6.42 Å². The third-order valence-corrected chi connectivity index (χ3v) is 13.7. The quantitative estimate of drug-likeness (QED) is 0.171. The normalized spacial score (nSPS) is 14.1. The monoisotopic (exact) mass is 814 g/mol. The highest BCUT2D eigenvalue weighted by atomic mass is 15.1. The summed E-state index contributed by atoms with van der Waals surface area (Å²) in [5, 5.41) is 12.5. The van der Waals surface area contributed by atoms with Crippen molar-refractivity contribution >= 4 is 72.3 Å². The van der Waals surface area contributed by atoms with Gasteiger partial charge < -0.3 is 5.32 Å². The third kappa shape index (κ3) is 5.73. The van der Waals surface area contributed by atoms with Crippen molar-refractivity contribution < 1.29 is 0 Å². The van der Waals surface area contributed by atoms with E-state index in [0.29, 0.717) is 0 Å². The maximum absolute atomic E-state index is 3.66. The number of para-hydroxylation sites is 1. The van der Waals surface area contributed by atoms with Crippen LogP contribution in [0.5, 0.6) is 0 Å². The summed E-state index contributed by atoms with van der Waals surface area (Å²) >= 11 is 0. The van der Waals surface area contributed by atoms with Crippen molar-refractivity contribution in [2.24, 2.45) is 0 Å². The largest absolute Gasteiger partial charge is 0.367 e. The molecule has 1 N–H and O–H groups in total. The van der Waals surface area contributed by atoms with E-state index >= 15 is 0 Å². The minimum absolute atomic E-state index is 0.819. The molecule has 0 radical (unpaired) electrons.